The van der Waals surface area contributed by atoms with Crippen molar-refractivity contribution in [1.82, 2.24) is 9.97 Å². The molecule has 5 nitrogen and oxygen atoms in total. The van der Waals surface area contributed by atoms with Gasteiger partial charge in [0.15, 0.2) is 0 Å². The smallest absolute Gasteiger partial charge is 0.253 e. The standard InChI is InChI=1S/C7H12N4O/c1-7(2,9)6-10-4(8)3-5(12)11-6/h3H,9H2,1-2H3,(H3,8,10,11,12). The van der Waals surface area contributed by atoms with Crippen molar-refractivity contribution in [2.45, 2.75) is 19.4 Å². The largest absolute Gasteiger partial charge is 0.383 e. The maximum atomic E-state index is 10.9. The van der Waals surface area contributed by atoms with E-state index in [2.05, 4.69) is 9.97 Å². The highest BCUT2D eigenvalue weighted by molar-refractivity contribution is 5.26. The summed E-state index contributed by atoms with van der Waals surface area (Å²) in [5.74, 6) is 0.583. The minimum absolute atomic E-state index is 0.187. The van der Waals surface area contributed by atoms with Gasteiger partial charge in [-0.25, -0.2) is 4.98 Å². The van der Waals surface area contributed by atoms with Crippen molar-refractivity contribution in [3.05, 3.63) is 22.2 Å². The highest BCUT2D eigenvalue weighted by Crippen LogP contribution is 2.09. The molecule has 0 unspecified atom stereocenters. The molecule has 0 saturated carbocycles. The molecule has 0 aliphatic rings. The Morgan fingerprint density at radius 2 is 2.17 bits per heavy atom. The minimum Gasteiger partial charge on any atom is -0.383 e. The summed E-state index contributed by atoms with van der Waals surface area (Å²) in [5.41, 5.74) is 10.1. The predicted molar refractivity (Wildman–Crippen MR) is 46.5 cm³/mol. The van der Waals surface area contributed by atoms with Crippen LogP contribution in [0.2, 0.25) is 0 Å². The lowest BCUT2D eigenvalue weighted by molar-refractivity contribution is 0.512. The lowest BCUT2D eigenvalue weighted by Crippen LogP contribution is -2.33. The lowest BCUT2D eigenvalue weighted by Gasteiger charge is -2.16. The molecule has 0 amide bonds. The first-order valence-electron chi connectivity index (χ1n) is 3.56. The molecular weight excluding hydrogens is 156 g/mol. The van der Waals surface area contributed by atoms with Crippen LogP contribution in [0.4, 0.5) is 5.82 Å². The second-order valence-electron chi connectivity index (χ2n) is 3.24. The van der Waals surface area contributed by atoms with E-state index in [9.17, 15) is 4.79 Å². The number of aromatic nitrogens is 2. The van der Waals surface area contributed by atoms with Gasteiger partial charge in [-0.15, -0.1) is 0 Å². The van der Waals surface area contributed by atoms with Crippen molar-refractivity contribution in [2.24, 2.45) is 5.73 Å². The predicted octanol–water partition coefficient (Wildman–Crippen LogP) is -0.454. The van der Waals surface area contributed by atoms with Crippen molar-refractivity contribution in [1.29, 1.82) is 0 Å². The number of H-pyrrole nitrogens is 1. The van der Waals surface area contributed by atoms with E-state index in [0.717, 1.165) is 0 Å². The summed E-state index contributed by atoms with van der Waals surface area (Å²) >= 11 is 0. The molecule has 1 rings (SSSR count). The van der Waals surface area contributed by atoms with E-state index in [1.165, 1.54) is 6.07 Å². The topological polar surface area (TPSA) is 97.8 Å². The number of nitrogens with zero attached hydrogens (tertiary/aromatic N) is 1. The van der Waals surface area contributed by atoms with Crippen LogP contribution in [-0.4, -0.2) is 9.97 Å². The summed E-state index contributed by atoms with van der Waals surface area (Å²) in [6.45, 7) is 3.48. The van der Waals surface area contributed by atoms with E-state index in [4.69, 9.17) is 11.5 Å². The zero-order valence-electron chi connectivity index (χ0n) is 7.09. The van der Waals surface area contributed by atoms with Crippen LogP contribution < -0.4 is 17.0 Å². The van der Waals surface area contributed by atoms with E-state index in [1.54, 1.807) is 13.8 Å². The SMILES string of the molecule is CC(C)(N)c1nc(N)cc(=O)[nH]1. The normalized spacial score (nSPS) is 11.6. The van der Waals surface area contributed by atoms with E-state index >= 15 is 0 Å². The number of aromatic amines is 1. The molecule has 0 aromatic carbocycles. The number of rotatable bonds is 1. The van der Waals surface area contributed by atoms with E-state index in [0.29, 0.717) is 5.82 Å². The van der Waals surface area contributed by atoms with Crippen molar-refractivity contribution < 1.29 is 0 Å². The Labute approximate surface area is 69.8 Å². The molecule has 0 spiro atoms. The molecule has 1 heterocycles. The van der Waals surface area contributed by atoms with Crippen molar-refractivity contribution >= 4 is 5.82 Å². The van der Waals surface area contributed by atoms with Crippen LogP contribution in [0.1, 0.15) is 19.7 Å². The maximum Gasteiger partial charge on any atom is 0.253 e. The molecular formula is C7H12N4O. The van der Waals surface area contributed by atoms with E-state index < -0.39 is 5.54 Å². The van der Waals surface area contributed by atoms with E-state index in [-0.39, 0.29) is 11.4 Å². The molecule has 1 aromatic rings. The molecule has 5 heteroatoms. The van der Waals surface area contributed by atoms with Crippen LogP contribution in [-0.2, 0) is 5.54 Å². The van der Waals surface area contributed by atoms with Crippen molar-refractivity contribution in [2.75, 3.05) is 5.73 Å². The molecule has 0 radical (unpaired) electrons. The number of hydrogen-bond donors (Lipinski definition) is 3. The Hall–Kier alpha value is -1.36. The summed E-state index contributed by atoms with van der Waals surface area (Å²) in [7, 11) is 0. The Kier molecular flexibility index (Phi) is 1.89. The third-order valence-electron chi connectivity index (χ3n) is 1.37. The summed E-state index contributed by atoms with van der Waals surface area (Å²) in [6, 6.07) is 1.22. The van der Waals surface area contributed by atoms with Gasteiger partial charge >= 0.3 is 0 Å². The Bertz CT molecular complexity index is 336. The fraction of sp³-hybridized carbons (Fsp3) is 0.429. The summed E-state index contributed by atoms with van der Waals surface area (Å²) in [6.07, 6.45) is 0. The van der Waals surface area contributed by atoms with Gasteiger partial charge in [0.1, 0.15) is 11.6 Å². The Balaban J connectivity index is 3.27. The van der Waals surface area contributed by atoms with Crippen molar-refractivity contribution in [3.8, 4) is 0 Å². The molecule has 0 atom stereocenters. The monoisotopic (exact) mass is 168 g/mol. The number of hydrogen-bond acceptors (Lipinski definition) is 4. The first-order valence-corrected chi connectivity index (χ1v) is 3.56. The van der Waals surface area contributed by atoms with Crippen LogP contribution in [0.3, 0.4) is 0 Å². The molecule has 12 heavy (non-hydrogen) atoms. The van der Waals surface area contributed by atoms with Gasteiger partial charge in [-0.05, 0) is 13.8 Å². The third-order valence-corrected chi connectivity index (χ3v) is 1.37. The molecule has 0 aliphatic carbocycles. The van der Waals surface area contributed by atoms with Gasteiger partial charge in [0, 0.05) is 6.07 Å². The number of nitrogens with one attached hydrogen (secondary N) is 1. The lowest BCUT2D eigenvalue weighted by atomic mass is 10.1. The van der Waals surface area contributed by atoms with Crippen molar-refractivity contribution in [3.63, 3.8) is 0 Å². The zero-order chi connectivity index (χ0) is 9.35. The van der Waals surface area contributed by atoms with Gasteiger partial charge in [0.25, 0.3) is 5.56 Å². The van der Waals surface area contributed by atoms with Crippen LogP contribution in [0.25, 0.3) is 0 Å². The first kappa shape index (κ1) is 8.73. The molecule has 5 N–H and O–H groups in total. The van der Waals surface area contributed by atoms with Gasteiger partial charge in [0.2, 0.25) is 0 Å². The highest BCUT2D eigenvalue weighted by atomic mass is 16.1. The molecule has 0 aliphatic heterocycles. The first-order chi connectivity index (χ1) is 5.39. The van der Waals surface area contributed by atoms with Crippen LogP contribution in [0.15, 0.2) is 10.9 Å². The Morgan fingerprint density at radius 3 is 2.58 bits per heavy atom. The number of nitrogen functional groups attached to an aromatic ring is 1. The average molecular weight is 168 g/mol. The second kappa shape index (κ2) is 2.60. The van der Waals surface area contributed by atoms with Gasteiger partial charge in [-0.3, -0.25) is 4.79 Å². The van der Waals surface area contributed by atoms with Crippen LogP contribution in [0.5, 0.6) is 0 Å². The summed E-state index contributed by atoms with van der Waals surface area (Å²) in [4.78, 5) is 17.3. The number of nitrogens with two attached hydrogens (primary N) is 2. The fourth-order valence-electron chi connectivity index (χ4n) is 0.782. The summed E-state index contributed by atoms with van der Waals surface area (Å²) in [5, 5.41) is 0. The molecule has 66 valence electrons. The minimum atomic E-state index is -0.672. The van der Waals surface area contributed by atoms with Crippen LogP contribution in [0, 0.1) is 0 Å². The second-order valence-corrected chi connectivity index (χ2v) is 3.24. The fourth-order valence-corrected chi connectivity index (χ4v) is 0.782. The van der Waals surface area contributed by atoms with Gasteiger partial charge in [0.05, 0.1) is 5.54 Å². The molecule has 0 fully saturated rings. The quantitative estimate of drug-likeness (QED) is 0.528. The molecule has 0 bridgehead atoms. The van der Waals surface area contributed by atoms with Gasteiger partial charge < -0.3 is 16.5 Å². The highest BCUT2D eigenvalue weighted by Gasteiger charge is 2.17. The average Bonchev–Trinajstić information content (AvgIpc) is 1.82. The van der Waals surface area contributed by atoms with E-state index in [1.807, 2.05) is 0 Å². The zero-order valence-corrected chi connectivity index (χ0v) is 7.09. The Morgan fingerprint density at radius 1 is 1.58 bits per heavy atom. The molecule has 0 saturated heterocycles. The van der Waals surface area contributed by atoms with Crippen LogP contribution >= 0.6 is 0 Å². The third kappa shape index (κ3) is 1.82. The summed E-state index contributed by atoms with van der Waals surface area (Å²) < 4.78 is 0. The number of anilines is 1. The van der Waals surface area contributed by atoms with Gasteiger partial charge in [-0.1, -0.05) is 0 Å². The maximum absolute atomic E-state index is 10.9. The van der Waals surface area contributed by atoms with Gasteiger partial charge in [-0.2, -0.15) is 0 Å². The molecule has 1 aromatic heterocycles.